The van der Waals surface area contributed by atoms with Crippen LogP contribution in [0.4, 0.5) is 0 Å². The van der Waals surface area contributed by atoms with Gasteiger partial charge in [0.2, 0.25) is 0 Å². The van der Waals surface area contributed by atoms with Crippen LogP contribution in [0.2, 0.25) is 0 Å². The maximum absolute atomic E-state index is 4.50. The van der Waals surface area contributed by atoms with Gasteiger partial charge in [-0.1, -0.05) is 0 Å². The van der Waals surface area contributed by atoms with Crippen molar-refractivity contribution >= 4 is 0 Å². The molecule has 0 saturated carbocycles. The lowest BCUT2D eigenvalue weighted by Crippen LogP contribution is -2.02. The Morgan fingerprint density at radius 3 is 0.500 bits per heavy atom. The molecule has 0 aromatic heterocycles. The molecule has 0 bridgehead atoms. The summed E-state index contributed by atoms with van der Waals surface area (Å²) in [4.78, 5) is 0. The minimum absolute atomic E-state index is 1.50. The SMILES string of the molecule is CN.CN.CN.NN. The molecule has 0 aromatic carbocycles. The molecule has 0 aromatic rings. The van der Waals surface area contributed by atoms with E-state index in [4.69, 9.17) is 0 Å². The normalized spacial score (nSPS) is 3.00. The van der Waals surface area contributed by atoms with Crippen LogP contribution < -0.4 is 28.9 Å². The molecule has 0 heterocycles. The lowest BCUT2D eigenvalue weighted by Gasteiger charge is -1.27. The van der Waals surface area contributed by atoms with E-state index in [1.54, 1.807) is 0 Å². The van der Waals surface area contributed by atoms with Gasteiger partial charge in [-0.25, -0.2) is 0 Å². The van der Waals surface area contributed by atoms with Crippen molar-refractivity contribution in [1.29, 1.82) is 0 Å². The molecule has 5 nitrogen and oxygen atoms in total. The molecule has 0 aliphatic heterocycles. The fourth-order valence-corrected chi connectivity index (χ4v) is 0. The summed E-state index contributed by atoms with van der Waals surface area (Å²) in [5, 5.41) is 0. The summed E-state index contributed by atoms with van der Waals surface area (Å²) in [6.07, 6.45) is 0. The van der Waals surface area contributed by atoms with Crippen LogP contribution in [0.3, 0.4) is 0 Å². The van der Waals surface area contributed by atoms with E-state index in [-0.39, 0.29) is 0 Å². The first-order valence-corrected chi connectivity index (χ1v) is 2.07. The monoisotopic (exact) mass is 125 g/mol. The fraction of sp³-hybridized carbons (Fsp3) is 1.00. The zero-order valence-electron chi connectivity index (χ0n) is 5.89. The van der Waals surface area contributed by atoms with Crippen LogP contribution in [-0.4, -0.2) is 21.1 Å². The van der Waals surface area contributed by atoms with Gasteiger partial charge in [-0.05, 0) is 21.1 Å². The Bertz CT molecular complexity index is 7.64. The van der Waals surface area contributed by atoms with E-state index in [9.17, 15) is 0 Å². The van der Waals surface area contributed by atoms with Gasteiger partial charge in [-0.15, -0.1) is 0 Å². The van der Waals surface area contributed by atoms with Gasteiger partial charge in [0.05, 0.1) is 0 Å². The highest BCUT2D eigenvalue weighted by Crippen LogP contribution is 0.473. The highest BCUT2D eigenvalue weighted by atomic mass is 15.0. The number of rotatable bonds is 0. The Morgan fingerprint density at radius 2 is 0.500 bits per heavy atom. The van der Waals surface area contributed by atoms with E-state index in [2.05, 4.69) is 28.9 Å². The molecule has 0 aliphatic carbocycles. The quantitative estimate of drug-likeness (QED) is 0.181. The van der Waals surface area contributed by atoms with E-state index in [0.29, 0.717) is 0 Å². The second kappa shape index (κ2) is 5720. The third-order valence-corrected chi connectivity index (χ3v) is 0. The van der Waals surface area contributed by atoms with E-state index in [1.165, 1.54) is 21.1 Å². The average molecular weight is 125 g/mol. The van der Waals surface area contributed by atoms with Gasteiger partial charge in [-0.3, -0.25) is 11.7 Å². The Labute approximate surface area is 51.2 Å². The zero-order chi connectivity index (χ0) is 8.00. The predicted molar refractivity (Wildman–Crippen MR) is 38.7 cm³/mol. The van der Waals surface area contributed by atoms with Crippen LogP contribution in [0.15, 0.2) is 0 Å². The molecule has 0 rings (SSSR count). The molecule has 0 spiro atoms. The maximum Gasteiger partial charge on any atom is -0.0195 e. The molecule has 0 saturated heterocycles. The van der Waals surface area contributed by atoms with Crippen LogP contribution in [-0.2, 0) is 0 Å². The van der Waals surface area contributed by atoms with E-state index < -0.39 is 0 Å². The van der Waals surface area contributed by atoms with Crippen molar-refractivity contribution in [3.63, 3.8) is 0 Å². The molecule has 5 heteroatoms. The Balaban J connectivity index is -0.0000000133. The maximum atomic E-state index is 4.50. The molecule has 0 radical (unpaired) electrons. The highest BCUT2D eigenvalue weighted by molar-refractivity contribution is 3.54. The van der Waals surface area contributed by atoms with Gasteiger partial charge in [0.25, 0.3) is 0 Å². The van der Waals surface area contributed by atoms with Crippen molar-refractivity contribution in [3.8, 4) is 0 Å². The predicted octanol–water partition coefficient (Wildman–Crippen LogP) is -2.46. The summed E-state index contributed by atoms with van der Waals surface area (Å²) in [5.74, 6) is 8.00. The van der Waals surface area contributed by atoms with Crippen molar-refractivity contribution in [2.45, 2.75) is 0 Å². The molecule has 0 fully saturated rings. The lowest BCUT2D eigenvalue weighted by atomic mass is 11.6. The molecular formula is C3H19N5. The fourth-order valence-electron chi connectivity index (χ4n) is 0. The second-order valence-electron chi connectivity index (χ2n) is 0. The number of hydrazine groups is 1. The Kier molecular flexibility index (Phi) is 17900. The van der Waals surface area contributed by atoms with Gasteiger partial charge < -0.3 is 17.2 Å². The molecule has 0 unspecified atom stereocenters. The largest absolute Gasteiger partial charge is 0.333 e. The molecule has 0 aliphatic rings. The molecule has 56 valence electrons. The van der Waals surface area contributed by atoms with Crippen molar-refractivity contribution in [1.82, 2.24) is 0 Å². The average Bonchev–Trinajstić information content (AvgIpc) is 2.03. The third kappa shape index (κ3) is 3340. The van der Waals surface area contributed by atoms with Crippen LogP contribution in [0.5, 0.6) is 0 Å². The number of nitrogens with two attached hydrogens (primary N) is 5. The van der Waals surface area contributed by atoms with Gasteiger partial charge in [0.15, 0.2) is 0 Å². The summed E-state index contributed by atoms with van der Waals surface area (Å²) in [6, 6.07) is 0. The van der Waals surface area contributed by atoms with Gasteiger partial charge in [0.1, 0.15) is 0 Å². The minimum Gasteiger partial charge on any atom is -0.333 e. The van der Waals surface area contributed by atoms with Crippen molar-refractivity contribution in [3.05, 3.63) is 0 Å². The molecule has 8 heavy (non-hydrogen) atoms. The van der Waals surface area contributed by atoms with Crippen LogP contribution in [0, 0.1) is 0 Å². The molecule has 0 atom stereocenters. The summed E-state index contributed by atoms with van der Waals surface area (Å²) in [7, 11) is 4.50. The second-order valence-corrected chi connectivity index (χ2v) is 0. The van der Waals surface area contributed by atoms with E-state index >= 15 is 0 Å². The topological polar surface area (TPSA) is 130 Å². The number of hydrogen-bond donors (Lipinski definition) is 5. The molecular weight excluding hydrogens is 106 g/mol. The zero-order valence-corrected chi connectivity index (χ0v) is 5.89. The minimum atomic E-state index is 1.50. The highest BCUT2D eigenvalue weighted by Gasteiger charge is 0.840. The van der Waals surface area contributed by atoms with Crippen molar-refractivity contribution in [2.75, 3.05) is 21.1 Å². The van der Waals surface area contributed by atoms with Gasteiger partial charge >= 0.3 is 0 Å². The first-order chi connectivity index (χ1) is 4.00. The number of hydrogen-bond acceptors (Lipinski definition) is 5. The van der Waals surface area contributed by atoms with E-state index in [0.717, 1.165) is 0 Å². The van der Waals surface area contributed by atoms with Crippen LogP contribution in [0.25, 0.3) is 0 Å². The summed E-state index contributed by atoms with van der Waals surface area (Å²) in [5.41, 5.74) is 13.5. The van der Waals surface area contributed by atoms with Crippen molar-refractivity contribution in [2.24, 2.45) is 28.9 Å². The molecule has 0 amide bonds. The molecule has 10 N–H and O–H groups in total. The summed E-state index contributed by atoms with van der Waals surface area (Å²) in [6.45, 7) is 0. The van der Waals surface area contributed by atoms with Crippen LogP contribution >= 0.6 is 0 Å². The Morgan fingerprint density at radius 1 is 0.500 bits per heavy atom. The summed E-state index contributed by atoms with van der Waals surface area (Å²) >= 11 is 0. The lowest BCUT2D eigenvalue weighted by molar-refractivity contribution is 1.26. The van der Waals surface area contributed by atoms with Gasteiger partial charge in [-0.2, -0.15) is 0 Å². The van der Waals surface area contributed by atoms with Crippen molar-refractivity contribution < 1.29 is 0 Å². The smallest absolute Gasteiger partial charge is 0.0195 e. The summed E-state index contributed by atoms with van der Waals surface area (Å²) < 4.78 is 0. The standard InChI is InChI=1S/3CH5N.H4N2/c4*1-2/h3*2H2,1H3;1-2H2. The third-order valence-electron chi connectivity index (χ3n) is 0. The van der Waals surface area contributed by atoms with Crippen LogP contribution in [0.1, 0.15) is 0 Å². The Hall–Kier alpha value is -0.200. The van der Waals surface area contributed by atoms with Gasteiger partial charge in [0, 0.05) is 0 Å². The first-order valence-electron chi connectivity index (χ1n) is 2.07. The first kappa shape index (κ1) is 25.0. The van der Waals surface area contributed by atoms with E-state index in [1.807, 2.05) is 0 Å².